The van der Waals surface area contributed by atoms with Crippen molar-refractivity contribution < 1.29 is 4.79 Å². The Morgan fingerprint density at radius 2 is 1.78 bits per heavy atom. The van der Waals surface area contributed by atoms with Crippen LogP contribution < -0.4 is 10.2 Å². The Hall–Kier alpha value is -3.14. The fourth-order valence-electron chi connectivity index (χ4n) is 5.43. The summed E-state index contributed by atoms with van der Waals surface area (Å²) in [4.78, 5) is 20.4. The van der Waals surface area contributed by atoms with E-state index < -0.39 is 0 Å². The third kappa shape index (κ3) is 3.38. The van der Waals surface area contributed by atoms with Gasteiger partial charge in [0.15, 0.2) is 5.78 Å². The van der Waals surface area contributed by atoms with E-state index in [4.69, 9.17) is 0 Å². The Morgan fingerprint density at radius 3 is 2.50 bits per heavy atom. The predicted octanol–water partition coefficient (Wildman–Crippen LogP) is 6.39. The lowest BCUT2D eigenvalue weighted by atomic mass is 9.68. The number of ketones is 1. The zero-order chi connectivity index (χ0) is 22.5. The van der Waals surface area contributed by atoms with Crippen LogP contribution in [-0.4, -0.2) is 23.9 Å². The molecule has 4 nitrogen and oxygen atoms in total. The number of aromatic nitrogens is 1. The molecule has 1 N–H and O–H groups in total. The molecule has 0 bridgehead atoms. The quantitative estimate of drug-likeness (QED) is 0.526. The van der Waals surface area contributed by atoms with Gasteiger partial charge in [-0.25, -0.2) is 0 Å². The van der Waals surface area contributed by atoms with Crippen LogP contribution >= 0.6 is 0 Å². The number of fused-ring (bicyclic) bond motifs is 4. The van der Waals surface area contributed by atoms with Gasteiger partial charge in [0.1, 0.15) is 0 Å². The summed E-state index contributed by atoms with van der Waals surface area (Å²) in [6.45, 7) is 10.7. The third-order valence-corrected chi connectivity index (χ3v) is 6.95. The van der Waals surface area contributed by atoms with E-state index in [1.165, 1.54) is 11.3 Å². The number of pyridine rings is 1. The Kier molecular flexibility index (Phi) is 5.04. The van der Waals surface area contributed by atoms with Crippen molar-refractivity contribution in [3.05, 3.63) is 71.4 Å². The Labute approximate surface area is 190 Å². The van der Waals surface area contributed by atoms with Crippen LogP contribution in [0, 0.1) is 5.41 Å². The van der Waals surface area contributed by atoms with Gasteiger partial charge in [-0.2, -0.15) is 0 Å². The first-order valence-corrected chi connectivity index (χ1v) is 11.7. The van der Waals surface area contributed by atoms with E-state index in [1.54, 1.807) is 0 Å². The molecule has 0 fully saturated rings. The van der Waals surface area contributed by atoms with E-state index in [0.717, 1.165) is 52.8 Å². The van der Waals surface area contributed by atoms with Crippen LogP contribution in [0.25, 0.3) is 16.5 Å². The number of Topliss-reactive ketones (excluding diaryl/α,β-unsaturated/α-hetero) is 1. The SMILES string of the molecule is CCN(CC)c1ccc([C@@H]2Nc3ccc4ncccc4c3C3=C2C(=O)CC(C)(C)C3)cc1. The highest BCUT2D eigenvalue weighted by molar-refractivity contribution is 6.12. The molecule has 4 heteroatoms. The number of allylic oxidation sites excluding steroid dienone is 1. The zero-order valence-electron chi connectivity index (χ0n) is 19.4. The highest BCUT2D eigenvalue weighted by atomic mass is 16.1. The molecule has 3 aromatic rings. The molecule has 2 aliphatic rings. The predicted molar refractivity (Wildman–Crippen MR) is 133 cm³/mol. The molecule has 0 amide bonds. The molecule has 1 atom stereocenters. The lowest BCUT2D eigenvalue weighted by Crippen LogP contribution is -2.33. The van der Waals surface area contributed by atoms with E-state index >= 15 is 0 Å². The third-order valence-electron chi connectivity index (χ3n) is 6.95. The van der Waals surface area contributed by atoms with Crippen molar-refractivity contribution in [2.45, 2.75) is 46.6 Å². The first kappa shape index (κ1) is 20.7. The maximum Gasteiger partial charge on any atom is 0.162 e. The molecule has 0 spiro atoms. The molecular formula is C28H31N3O. The minimum Gasteiger partial charge on any atom is -0.373 e. The molecule has 1 aliphatic carbocycles. The number of hydrogen-bond acceptors (Lipinski definition) is 4. The van der Waals surface area contributed by atoms with Gasteiger partial charge in [-0.15, -0.1) is 0 Å². The van der Waals surface area contributed by atoms with E-state index in [1.807, 2.05) is 12.3 Å². The second-order valence-corrected chi connectivity index (χ2v) is 9.73. The Morgan fingerprint density at radius 1 is 1.03 bits per heavy atom. The van der Waals surface area contributed by atoms with Gasteiger partial charge in [-0.1, -0.05) is 32.0 Å². The first-order valence-electron chi connectivity index (χ1n) is 11.7. The minimum absolute atomic E-state index is 0.0495. The number of nitrogens with one attached hydrogen (secondary N) is 1. The fraction of sp³-hybridized carbons (Fsp3) is 0.357. The van der Waals surface area contributed by atoms with Crippen molar-refractivity contribution in [2.75, 3.05) is 23.3 Å². The molecule has 0 saturated heterocycles. The second kappa shape index (κ2) is 7.77. The first-order chi connectivity index (χ1) is 15.4. The summed E-state index contributed by atoms with van der Waals surface area (Å²) in [5, 5.41) is 4.84. The largest absolute Gasteiger partial charge is 0.373 e. The summed E-state index contributed by atoms with van der Waals surface area (Å²) >= 11 is 0. The molecule has 1 aliphatic heterocycles. The van der Waals surface area contributed by atoms with E-state index in [0.29, 0.717) is 6.42 Å². The van der Waals surface area contributed by atoms with Crippen LogP contribution in [0.1, 0.15) is 57.7 Å². The minimum atomic E-state index is -0.124. The van der Waals surface area contributed by atoms with Crippen molar-refractivity contribution in [3.63, 3.8) is 0 Å². The lowest BCUT2D eigenvalue weighted by Gasteiger charge is -2.40. The van der Waals surface area contributed by atoms with Crippen molar-refractivity contribution >= 4 is 33.6 Å². The average Bonchev–Trinajstić information content (AvgIpc) is 2.78. The molecule has 0 unspecified atom stereocenters. The van der Waals surface area contributed by atoms with Gasteiger partial charge < -0.3 is 10.2 Å². The van der Waals surface area contributed by atoms with Crippen molar-refractivity contribution in [3.8, 4) is 0 Å². The van der Waals surface area contributed by atoms with Gasteiger partial charge in [0.2, 0.25) is 0 Å². The molecule has 2 heterocycles. The maximum absolute atomic E-state index is 13.5. The lowest BCUT2D eigenvalue weighted by molar-refractivity contribution is -0.118. The van der Waals surface area contributed by atoms with E-state index in [2.05, 4.69) is 85.4 Å². The summed E-state index contributed by atoms with van der Waals surface area (Å²) in [6, 6.07) is 16.9. The van der Waals surface area contributed by atoms with Gasteiger partial charge in [-0.05, 0) is 67.2 Å². The van der Waals surface area contributed by atoms with Gasteiger partial charge in [0.05, 0.1) is 11.6 Å². The number of hydrogen-bond donors (Lipinski definition) is 1. The monoisotopic (exact) mass is 425 g/mol. The normalized spacial score (nSPS) is 19.4. The fourth-order valence-corrected chi connectivity index (χ4v) is 5.43. The van der Waals surface area contributed by atoms with Crippen LogP contribution in [0.4, 0.5) is 11.4 Å². The van der Waals surface area contributed by atoms with Crippen molar-refractivity contribution in [1.29, 1.82) is 0 Å². The van der Waals surface area contributed by atoms with Gasteiger partial charge >= 0.3 is 0 Å². The molecular weight excluding hydrogens is 394 g/mol. The number of benzene rings is 2. The van der Waals surface area contributed by atoms with Crippen LogP contribution in [-0.2, 0) is 4.79 Å². The molecule has 1 aromatic heterocycles. The summed E-state index contributed by atoms with van der Waals surface area (Å²) in [6.07, 6.45) is 3.31. The molecule has 5 rings (SSSR count). The van der Waals surface area contributed by atoms with Gasteiger partial charge in [0, 0.05) is 53.6 Å². The van der Waals surface area contributed by atoms with E-state index in [-0.39, 0.29) is 17.2 Å². The number of nitrogens with zero attached hydrogens (tertiary/aromatic N) is 2. The topological polar surface area (TPSA) is 45.2 Å². The van der Waals surface area contributed by atoms with Crippen LogP contribution in [0.5, 0.6) is 0 Å². The smallest absolute Gasteiger partial charge is 0.162 e. The van der Waals surface area contributed by atoms with Gasteiger partial charge in [-0.3, -0.25) is 9.78 Å². The van der Waals surface area contributed by atoms with Crippen LogP contribution in [0.15, 0.2) is 60.3 Å². The highest BCUT2D eigenvalue weighted by Gasteiger charge is 2.40. The molecule has 2 aromatic carbocycles. The average molecular weight is 426 g/mol. The Bertz CT molecular complexity index is 1220. The van der Waals surface area contributed by atoms with Crippen LogP contribution in [0.2, 0.25) is 0 Å². The molecule has 32 heavy (non-hydrogen) atoms. The highest BCUT2D eigenvalue weighted by Crippen LogP contribution is 2.51. The summed E-state index contributed by atoms with van der Waals surface area (Å²) in [7, 11) is 0. The van der Waals surface area contributed by atoms with Crippen LogP contribution in [0.3, 0.4) is 0 Å². The molecule has 164 valence electrons. The van der Waals surface area contributed by atoms with E-state index in [9.17, 15) is 4.79 Å². The second-order valence-electron chi connectivity index (χ2n) is 9.73. The number of rotatable bonds is 4. The Balaban J connectivity index is 1.67. The standard InChI is InChI=1S/C28H31N3O/c1-5-31(6-2)19-11-9-18(10-12-19)27-26-21(16-28(3,4)17-24(26)32)25-20-8-7-15-29-22(20)13-14-23(25)30-27/h7-15,27,30H,5-6,16-17H2,1-4H3/t27-/m0/s1. The van der Waals surface area contributed by atoms with Crippen molar-refractivity contribution in [1.82, 2.24) is 4.98 Å². The summed E-state index contributed by atoms with van der Waals surface area (Å²) in [5.74, 6) is 0.258. The maximum atomic E-state index is 13.5. The zero-order valence-corrected chi connectivity index (χ0v) is 19.4. The summed E-state index contributed by atoms with van der Waals surface area (Å²) in [5.41, 5.74) is 7.65. The van der Waals surface area contributed by atoms with Crippen molar-refractivity contribution in [2.24, 2.45) is 5.41 Å². The number of carbonyl (C=O) groups is 1. The number of carbonyl (C=O) groups excluding carboxylic acids is 1. The van der Waals surface area contributed by atoms with Gasteiger partial charge in [0.25, 0.3) is 0 Å². The summed E-state index contributed by atoms with van der Waals surface area (Å²) < 4.78 is 0. The number of anilines is 2. The molecule has 0 saturated carbocycles. The molecule has 0 radical (unpaired) electrons.